The van der Waals surface area contributed by atoms with Crippen molar-refractivity contribution >= 4 is 11.7 Å². The molecule has 2 heterocycles. The fraction of sp³-hybridized carbons (Fsp3) is 0.412. The topological polar surface area (TPSA) is 66.9 Å². The molecule has 5 nitrogen and oxygen atoms in total. The molecule has 2 aliphatic rings. The molecule has 2 aromatic rings. The number of benzene rings is 1. The number of carbonyl (C=O) groups is 1. The Morgan fingerprint density at radius 1 is 1.13 bits per heavy atom. The van der Waals surface area contributed by atoms with Crippen molar-refractivity contribution in [3.8, 4) is 0 Å². The Kier molecular flexibility index (Phi) is 3.32. The minimum atomic E-state index is -0.536. The molecule has 1 saturated carbocycles. The lowest BCUT2D eigenvalue weighted by Crippen LogP contribution is -2.27. The van der Waals surface area contributed by atoms with Crippen molar-refractivity contribution in [1.82, 2.24) is 9.78 Å². The van der Waals surface area contributed by atoms with Gasteiger partial charge in [-0.15, -0.1) is 0 Å². The summed E-state index contributed by atoms with van der Waals surface area (Å²) in [4.78, 5) is 24.6. The van der Waals surface area contributed by atoms with E-state index in [0.717, 1.165) is 25.7 Å². The van der Waals surface area contributed by atoms with Crippen LogP contribution in [0.5, 0.6) is 0 Å². The van der Waals surface area contributed by atoms with Gasteiger partial charge >= 0.3 is 0 Å². The molecule has 2 N–H and O–H groups in total. The monoisotopic (exact) mass is 315 g/mol. The van der Waals surface area contributed by atoms with Crippen LogP contribution in [0.25, 0.3) is 0 Å². The van der Waals surface area contributed by atoms with E-state index in [2.05, 4.69) is 10.4 Å². The van der Waals surface area contributed by atoms with Crippen molar-refractivity contribution in [1.29, 1.82) is 0 Å². The second kappa shape index (κ2) is 5.37. The van der Waals surface area contributed by atoms with Gasteiger partial charge in [0.15, 0.2) is 0 Å². The summed E-state index contributed by atoms with van der Waals surface area (Å²) in [6.07, 6.45) is 4.29. The number of halogens is 1. The second-order valence-corrected chi connectivity index (χ2v) is 6.34. The number of nitrogens with one attached hydrogen (secondary N) is 2. The maximum atomic E-state index is 14.2. The Bertz CT molecular complexity index is 817. The molecule has 1 aliphatic heterocycles. The maximum absolute atomic E-state index is 14.2. The zero-order valence-corrected chi connectivity index (χ0v) is 12.6. The highest BCUT2D eigenvalue weighted by molar-refractivity contribution is 5.94. The standard InChI is InChI=1S/C17H18FN3O2/c18-13-8-4-3-7-11(13)12-9-14(22)19-16-15(12)17(23)20-21(16)10-5-1-2-6-10/h3-4,7-8,10,12H,1-2,5-6,9H2,(H,19,22)(H,20,23)/t12-/m1/s1. The van der Waals surface area contributed by atoms with Crippen LogP contribution < -0.4 is 10.9 Å². The first-order chi connectivity index (χ1) is 11.1. The SMILES string of the molecule is O=C1C[C@H](c2ccccc2F)c2c(n(C3CCCC3)[nH]c2=O)N1. The fourth-order valence-corrected chi connectivity index (χ4v) is 3.84. The summed E-state index contributed by atoms with van der Waals surface area (Å²) in [7, 11) is 0. The van der Waals surface area contributed by atoms with Crippen molar-refractivity contribution in [3.63, 3.8) is 0 Å². The molecule has 1 amide bonds. The van der Waals surface area contributed by atoms with Crippen molar-refractivity contribution in [2.24, 2.45) is 0 Å². The van der Waals surface area contributed by atoms with Crippen molar-refractivity contribution in [2.75, 3.05) is 5.32 Å². The summed E-state index contributed by atoms with van der Waals surface area (Å²) in [6, 6.07) is 6.55. The summed E-state index contributed by atoms with van der Waals surface area (Å²) < 4.78 is 16.0. The summed E-state index contributed by atoms with van der Waals surface area (Å²) >= 11 is 0. The molecular weight excluding hydrogens is 297 g/mol. The van der Waals surface area contributed by atoms with Crippen LogP contribution >= 0.6 is 0 Å². The number of hydrogen-bond acceptors (Lipinski definition) is 2. The van der Waals surface area contributed by atoms with Gasteiger partial charge in [0.2, 0.25) is 5.91 Å². The van der Waals surface area contributed by atoms with Crippen LogP contribution in [-0.4, -0.2) is 15.7 Å². The minimum absolute atomic E-state index is 0.0890. The van der Waals surface area contributed by atoms with Crippen LogP contribution in [0, 0.1) is 5.82 Å². The average molecular weight is 315 g/mol. The predicted molar refractivity (Wildman–Crippen MR) is 84.0 cm³/mol. The van der Waals surface area contributed by atoms with Crippen molar-refractivity contribution in [2.45, 2.75) is 44.1 Å². The molecule has 0 radical (unpaired) electrons. The highest BCUT2D eigenvalue weighted by Gasteiger charge is 2.35. The Labute approximate surface area is 132 Å². The molecular formula is C17H18FN3O2. The molecule has 120 valence electrons. The number of nitrogens with zero attached hydrogens (tertiary/aromatic N) is 1. The van der Waals surface area contributed by atoms with E-state index in [9.17, 15) is 14.0 Å². The molecule has 1 aromatic heterocycles. The van der Waals surface area contributed by atoms with E-state index in [1.165, 1.54) is 6.07 Å². The van der Waals surface area contributed by atoms with Crippen LogP contribution in [0.4, 0.5) is 10.2 Å². The highest BCUT2D eigenvalue weighted by Crippen LogP contribution is 2.39. The Morgan fingerprint density at radius 2 is 1.87 bits per heavy atom. The third-order valence-corrected chi connectivity index (χ3v) is 4.93. The molecule has 1 fully saturated rings. The number of H-pyrrole nitrogens is 1. The first kappa shape index (κ1) is 14.2. The molecule has 1 aliphatic carbocycles. The third-order valence-electron chi connectivity index (χ3n) is 4.93. The van der Waals surface area contributed by atoms with Gasteiger partial charge < -0.3 is 5.32 Å². The number of amides is 1. The lowest BCUT2D eigenvalue weighted by molar-refractivity contribution is -0.116. The minimum Gasteiger partial charge on any atom is -0.311 e. The van der Waals surface area contributed by atoms with Gasteiger partial charge in [-0.3, -0.25) is 19.4 Å². The van der Waals surface area contributed by atoms with Gasteiger partial charge in [0, 0.05) is 12.3 Å². The number of rotatable bonds is 2. The van der Waals surface area contributed by atoms with E-state index >= 15 is 0 Å². The zero-order chi connectivity index (χ0) is 16.0. The van der Waals surface area contributed by atoms with Crippen LogP contribution in [0.2, 0.25) is 0 Å². The van der Waals surface area contributed by atoms with Crippen molar-refractivity contribution < 1.29 is 9.18 Å². The first-order valence-electron chi connectivity index (χ1n) is 8.04. The molecule has 0 bridgehead atoms. The fourth-order valence-electron chi connectivity index (χ4n) is 3.84. The second-order valence-electron chi connectivity index (χ2n) is 6.34. The molecule has 6 heteroatoms. The van der Waals surface area contributed by atoms with E-state index in [-0.39, 0.29) is 29.7 Å². The number of fused-ring (bicyclic) bond motifs is 1. The van der Waals surface area contributed by atoms with E-state index in [1.807, 2.05) is 0 Å². The molecule has 0 spiro atoms. The molecule has 0 unspecified atom stereocenters. The number of aromatic amines is 1. The summed E-state index contributed by atoms with van der Waals surface area (Å²) in [5, 5.41) is 5.68. The van der Waals surface area contributed by atoms with E-state index < -0.39 is 5.92 Å². The lowest BCUT2D eigenvalue weighted by atomic mass is 9.87. The molecule has 1 aromatic carbocycles. The summed E-state index contributed by atoms with van der Waals surface area (Å²) in [6.45, 7) is 0. The smallest absolute Gasteiger partial charge is 0.270 e. The quantitative estimate of drug-likeness (QED) is 0.895. The van der Waals surface area contributed by atoms with Crippen LogP contribution in [0.3, 0.4) is 0 Å². The van der Waals surface area contributed by atoms with Gasteiger partial charge in [0.05, 0.1) is 11.6 Å². The first-order valence-corrected chi connectivity index (χ1v) is 8.04. The Morgan fingerprint density at radius 3 is 2.61 bits per heavy atom. The number of anilines is 1. The van der Waals surface area contributed by atoms with Gasteiger partial charge in [-0.05, 0) is 24.5 Å². The predicted octanol–water partition coefficient (Wildman–Crippen LogP) is 2.90. The number of hydrogen-bond donors (Lipinski definition) is 2. The third kappa shape index (κ3) is 2.29. The van der Waals surface area contributed by atoms with Gasteiger partial charge in [-0.2, -0.15) is 0 Å². The largest absolute Gasteiger partial charge is 0.311 e. The lowest BCUT2D eigenvalue weighted by Gasteiger charge is -2.25. The maximum Gasteiger partial charge on any atom is 0.270 e. The Hall–Kier alpha value is -2.37. The van der Waals surface area contributed by atoms with Crippen LogP contribution in [0.15, 0.2) is 29.1 Å². The van der Waals surface area contributed by atoms with E-state index in [1.54, 1.807) is 22.9 Å². The van der Waals surface area contributed by atoms with Gasteiger partial charge in [0.25, 0.3) is 5.56 Å². The zero-order valence-electron chi connectivity index (χ0n) is 12.6. The van der Waals surface area contributed by atoms with Gasteiger partial charge in [-0.25, -0.2) is 4.39 Å². The van der Waals surface area contributed by atoms with Crippen LogP contribution in [-0.2, 0) is 4.79 Å². The highest BCUT2D eigenvalue weighted by atomic mass is 19.1. The average Bonchev–Trinajstić information content (AvgIpc) is 3.15. The van der Waals surface area contributed by atoms with E-state index in [4.69, 9.17) is 0 Å². The molecule has 0 saturated heterocycles. The Balaban J connectivity index is 1.86. The van der Waals surface area contributed by atoms with E-state index in [0.29, 0.717) is 16.9 Å². The molecule has 23 heavy (non-hydrogen) atoms. The van der Waals surface area contributed by atoms with Crippen molar-refractivity contribution in [3.05, 3.63) is 51.6 Å². The number of carbonyl (C=O) groups excluding carboxylic acids is 1. The summed E-state index contributed by atoms with van der Waals surface area (Å²) in [5.74, 6) is -0.583. The van der Waals surface area contributed by atoms with Gasteiger partial charge in [-0.1, -0.05) is 31.0 Å². The molecule has 1 atom stereocenters. The molecule has 4 rings (SSSR count). The van der Waals surface area contributed by atoms with Gasteiger partial charge in [0.1, 0.15) is 11.6 Å². The van der Waals surface area contributed by atoms with Crippen LogP contribution in [0.1, 0.15) is 55.2 Å². The normalized spacial score (nSPS) is 21.3. The number of aromatic nitrogens is 2. The summed E-state index contributed by atoms with van der Waals surface area (Å²) in [5.41, 5.74) is 0.639.